The molecule has 0 aliphatic rings. The molecule has 0 atom stereocenters. The van der Waals surface area contributed by atoms with Crippen LogP contribution in [0.4, 0.5) is 0 Å². The zero-order valence-electron chi connectivity index (χ0n) is 42.8. The summed E-state index contributed by atoms with van der Waals surface area (Å²) in [5.74, 6) is 0. The molecule has 0 heterocycles. The Morgan fingerprint density at radius 3 is 0.247 bits per heavy atom. The van der Waals surface area contributed by atoms with Crippen LogP contribution in [0.2, 0.25) is 0 Å². The number of hydrogen-bond acceptors (Lipinski definition) is 0. The summed E-state index contributed by atoms with van der Waals surface area (Å²) in [6.07, 6.45) is 0. The third-order valence-corrected chi connectivity index (χ3v) is 21.9. The van der Waals surface area contributed by atoms with Gasteiger partial charge in [-0.05, 0) is 95.3 Å². The van der Waals surface area contributed by atoms with Gasteiger partial charge >= 0.3 is 0 Å². The van der Waals surface area contributed by atoms with Gasteiger partial charge in [0.15, 0.2) is 0 Å². The predicted octanol–water partition coefficient (Wildman–Crippen LogP) is 14.3. The summed E-state index contributed by atoms with van der Waals surface area (Å²) in [5, 5.41) is 16.8. The molecule has 0 aliphatic carbocycles. The van der Waals surface area contributed by atoms with Crippen molar-refractivity contribution in [3.63, 3.8) is 0 Å². The van der Waals surface area contributed by atoms with Crippen LogP contribution in [0.15, 0.2) is 364 Å². The minimum absolute atomic E-state index is 0. The molecule has 380 valence electrons. The first-order valence-electron chi connectivity index (χ1n) is 25.6. The van der Waals surface area contributed by atoms with Crippen LogP contribution in [0.5, 0.6) is 0 Å². The fourth-order valence-corrected chi connectivity index (χ4v) is 17.9. The average Bonchev–Trinajstić information content (AvgIpc) is 3.51. The van der Waals surface area contributed by atoms with E-state index < -0.39 is 31.7 Å². The van der Waals surface area contributed by atoms with E-state index in [0.717, 1.165) is 0 Å². The van der Waals surface area contributed by atoms with Crippen LogP contribution in [0.3, 0.4) is 0 Å². The summed E-state index contributed by atoms with van der Waals surface area (Å²) in [4.78, 5) is 0. The quantitative estimate of drug-likeness (QED) is 0.0845. The van der Waals surface area contributed by atoms with Gasteiger partial charge in [0.1, 0.15) is 0 Å². The number of benzene rings is 12. The van der Waals surface area contributed by atoms with Crippen molar-refractivity contribution in [2.75, 3.05) is 0 Å². The van der Waals surface area contributed by atoms with E-state index in [4.69, 9.17) is 0 Å². The standard InChI is InChI=1S/4C18H15P.Ru.2H2/c4*1-4-10-16(11-5-1)19(17-12-6-2-7-13-17)18-14-8-3-9-15-18;;;/h4*1-15H;;2*1H. The van der Waals surface area contributed by atoms with Gasteiger partial charge in [-0.15, -0.1) is 0 Å². The minimum Gasteiger partial charge on any atom is -0.0622 e. The van der Waals surface area contributed by atoms with Gasteiger partial charge in [0.25, 0.3) is 0 Å². The maximum absolute atomic E-state index is 2.23. The molecule has 12 aromatic carbocycles. The predicted molar refractivity (Wildman–Crippen MR) is 345 cm³/mol. The Balaban J connectivity index is 0.000000168. The zero-order chi connectivity index (χ0) is 51.7. The molecule has 0 nitrogen and oxygen atoms in total. The van der Waals surface area contributed by atoms with E-state index in [2.05, 4.69) is 364 Å². The molecule has 77 heavy (non-hydrogen) atoms. The van der Waals surface area contributed by atoms with Crippen LogP contribution in [-0.4, -0.2) is 0 Å². The Morgan fingerprint density at radius 2 is 0.182 bits per heavy atom. The smallest absolute Gasteiger partial charge is 0 e. The van der Waals surface area contributed by atoms with Crippen LogP contribution in [0, 0.1) is 0 Å². The summed E-state index contributed by atoms with van der Waals surface area (Å²) < 4.78 is 0. The molecule has 0 fully saturated rings. The summed E-state index contributed by atoms with van der Waals surface area (Å²) in [6, 6.07) is 129. The molecule has 0 amide bonds. The van der Waals surface area contributed by atoms with Crippen molar-refractivity contribution < 1.29 is 22.3 Å². The van der Waals surface area contributed by atoms with E-state index in [9.17, 15) is 0 Å². The topological polar surface area (TPSA) is 0 Å². The molecular weight excluding hydrogens is 1090 g/mol. The second-order valence-electron chi connectivity index (χ2n) is 17.4. The van der Waals surface area contributed by atoms with E-state index in [1.807, 2.05) is 0 Å². The van der Waals surface area contributed by atoms with E-state index in [0.29, 0.717) is 0 Å². The molecule has 0 aliphatic heterocycles. The normalized spacial score (nSPS) is 10.4. The SMILES string of the molecule is [HH].[HH].[Ru].c1ccc(P(c2ccccc2)c2ccccc2)cc1.c1ccc(P(c2ccccc2)c2ccccc2)cc1.c1ccc(P(c2ccccc2)c2ccccc2)cc1.c1ccc(P(c2ccccc2)c2ccccc2)cc1. The Kier molecular flexibility index (Phi) is 22.8. The largest absolute Gasteiger partial charge is 0.0622 e. The van der Waals surface area contributed by atoms with Crippen LogP contribution in [0.25, 0.3) is 0 Å². The fourth-order valence-electron chi connectivity index (χ4n) is 8.71. The Morgan fingerprint density at radius 1 is 0.117 bits per heavy atom. The zero-order valence-corrected chi connectivity index (χ0v) is 48.1. The monoisotopic (exact) mass is 1150 g/mol. The average molecular weight is 1150 g/mol. The van der Waals surface area contributed by atoms with Crippen LogP contribution in [-0.2, 0) is 19.5 Å². The minimum atomic E-state index is -0.446. The number of hydrogen-bond donors (Lipinski definition) is 0. The first-order chi connectivity index (χ1) is 37.8. The van der Waals surface area contributed by atoms with Crippen molar-refractivity contribution in [1.82, 2.24) is 0 Å². The molecule has 0 bridgehead atoms. The van der Waals surface area contributed by atoms with Crippen molar-refractivity contribution >= 4 is 95.3 Å². The molecule has 0 saturated carbocycles. The molecule has 0 spiro atoms. The van der Waals surface area contributed by atoms with Crippen molar-refractivity contribution in [3.05, 3.63) is 364 Å². The fraction of sp³-hybridized carbons (Fsp3) is 0. The van der Waals surface area contributed by atoms with Crippen LogP contribution < -0.4 is 63.7 Å². The Bertz CT molecular complexity index is 2590. The van der Waals surface area contributed by atoms with Crippen molar-refractivity contribution in [2.24, 2.45) is 0 Å². The van der Waals surface area contributed by atoms with Gasteiger partial charge in [0.2, 0.25) is 0 Å². The van der Waals surface area contributed by atoms with Gasteiger partial charge in [-0.2, -0.15) is 0 Å². The third kappa shape index (κ3) is 16.5. The summed E-state index contributed by atoms with van der Waals surface area (Å²) in [7, 11) is -1.78. The molecule has 5 heteroatoms. The van der Waals surface area contributed by atoms with Crippen LogP contribution in [0.1, 0.15) is 2.85 Å². The van der Waals surface area contributed by atoms with Gasteiger partial charge in [-0.25, -0.2) is 0 Å². The van der Waals surface area contributed by atoms with E-state index in [1.54, 1.807) is 0 Å². The van der Waals surface area contributed by atoms with Crippen molar-refractivity contribution in [3.8, 4) is 0 Å². The molecular formula is C72H64P4Ru. The first kappa shape index (κ1) is 56.2. The maximum Gasteiger partial charge on any atom is 0 e. The number of rotatable bonds is 12. The van der Waals surface area contributed by atoms with Crippen LogP contribution >= 0.6 is 31.7 Å². The van der Waals surface area contributed by atoms with Crippen molar-refractivity contribution in [1.29, 1.82) is 0 Å². The van der Waals surface area contributed by atoms with Gasteiger partial charge < -0.3 is 0 Å². The van der Waals surface area contributed by atoms with Gasteiger partial charge in [0.05, 0.1) is 0 Å². The molecule has 0 unspecified atom stereocenters. The molecule has 0 aromatic heterocycles. The summed E-state index contributed by atoms with van der Waals surface area (Å²) in [5.41, 5.74) is 0. The summed E-state index contributed by atoms with van der Waals surface area (Å²) in [6.45, 7) is 0. The molecule has 0 N–H and O–H groups in total. The molecule has 0 radical (unpaired) electrons. The Labute approximate surface area is 478 Å². The van der Waals surface area contributed by atoms with E-state index in [1.165, 1.54) is 63.7 Å². The van der Waals surface area contributed by atoms with Crippen molar-refractivity contribution in [2.45, 2.75) is 0 Å². The third-order valence-electron chi connectivity index (χ3n) is 12.2. The van der Waals surface area contributed by atoms with E-state index in [-0.39, 0.29) is 22.3 Å². The van der Waals surface area contributed by atoms with Gasteiger partial charge in [-0.3, -0.25) is 0 Å². The maximum atomic E-state index is 2.23. The van der Waals surface area contributed by atoms with E-state index >= 15 is 0 Å². The summed E-state index contributed by atoms with van der Waals surface area (Å²) >= 11 is 0. The van der Waals surface area contributed by atoms with Gasteiger partial charge in [0, 0.05) is 22.3 Å². The molecule has 0 saturated heterocycles. The Hall–Kier alpha value is -7.02. The molecule has 12 rings (SSSR count). The van der Waals surface area contributed by atoms with Gasteiger partial charge in [-0.1, -0.05) is 364 Å². The first-order valence-corrected chi connectivity index (χ1v) is 31.0. The second-order valence-corrected chi connectivity index (χ2v) is 26.2. The second kappa shape index (κ2) is 31.3. The molecule has 12 aromatic rings.